The van der Waals surface area contributed by atoms with E-state index in [0.29, 0.717) is 35.2 Å². The lowest BCUT2D eigenvalue weighted by molar-refractivity contribution is 0.414. The molecule has 1 aromatic heterocycles. The Morgan fingerprint density at radius 3 is 2.61 bits per heavy atom. The molecule has 190 valence electrons. The van der Waals surface area contributed by atoms with E-state index in [9.17, 15) is 16.8 Å². The van der Waals surface area contributed by atoms with Crippen molar-refractivity contribution >= 4 is 42.9 Å². The van der Waals surface area contributed by atoms with Gasteiger partial charge in [-0.15, -0.1) is 5.11 Å². The Labute approximate surface area is 206 Å². The fourth-order valence-electron chi connectivity index (χ4n) is 4.28. The second kappa shape index (κ2) is 9.30. The predicted molar refractivity (Wildman–Crippen MR) is 133 cm³/mol. The van der Waals surface area contributed by atoms with Gasteiger partial charge in [0.25, 0.3) is 0 Å². The van der Waals surface area contributed by atoms with Crippen molar-refractivity contribution in [3.05, 3.63) is 35.9 Å². The van der Waals surface area contributed by atoms with Crippen LogP contribution in [0.15, 0.2) is 55.3 Å². The van der Waals surface area contributed by atoms with Crippen LogP contribution in [0.3, 0.4) is 0 Å². The molecule has 36 heavy (non-hydrogen) atoms. The summed E-state index contributed by atoms with van der Waals surface area (Å²) in [7, 11) is -8.90. The lowest BCUT2D eigenvalue weighted by Gasteiger charge is -2.25. The summed E-state index contributed by atoms with van der Waals surface area (Å²) in [5.74, 6) is 0.113. The SMILES string of the molecule is Nc1nc2c(-c3ccc(S(=O)(=O)NC[C@@H]4CNCCN4)c(S(N)(=O)=O)c3C3=NCN=N3)cccc2[nH]1. The highest BCUT2D eigenvalue weighted by Crippen LogP contribution is 2.37. The third kappa shape index (κ3) is 4.61. The number of nitrogens with two attached hydrogens (primary N) is 2. The Kier molecular flexibility index (Phi) is 6.31. The zero-order chi connectivity index (χ0) is 25.5. The smallest absolute Gasteiger partial charge is 0.241 e. The number of nitrogens with one attached hydrogen (secondary N) is 4. The Balaban J connectivity index is 1.71. The second-order valence-electron chi connectivity index (χ2n) is 8.26. The molecule has 0 radical (unpaired) electrons. The van der Waals surface area contributed by atoms with E-state index in [1.807, 2.05) is 0 Å². The summed E-state index contributed by atoms with van der Waals surface area (Å²) in [6.45, 7) is 2.02. The third-order valence-electron chi connectivity index (χ3n) is 5.83. The first kappa shape index (κ1) is 24.4. The van der Waals surface area contributed by atoms with Crippen LogP contribution in [-0.2, 0) is 20.0 Å². The van der Waals surface area contributed by atoms with E-state index < -0.39 is 29.8 Å². The maximum absolute atomic E-state index is 13.4. The highest BCUT2D eigenvalue weighted by molar-refractivity contribution is 7.92. The van der Waals surface area contributed by atoms with Gasteiger partial charge in [0.15, 0.2) is 18.5 Å². The van der Waals surface area contributed by atoms with Gasteiger partial charge in [0.05, 0.1) is 16.6 Å². The molecule has 14 nitrogen and oxygen atoms in total. The number of aromatic amines is 1. The number of H-pyrrole nitrogens is 1. The molecule has 8 N–H and O–H groups in total. The Hall–Kier alpha value is -3.28. The van der Waals surface area contributed by atoms with Crippen molar-refractivity contribution < 1.29 is 16.8 Å². The summed E-state index contributed by atoms with van der Waals surface area (Å²) < 4.78 is 55.1. The normalized spacial score (nSPS) is 18.6. The van der Waals surface area contributed by atoms with Gasteiger partial charge in [-0.05, 0) is 17.7 Å². The van der Waals surface area contributed by atoms with Crippen molar-refractivity contribution in [2.75, 3.05) is 38.6 Å². The summed E-state index contributed by atoms with van der Waals surface area (Å²) in [5.41, 5.74) is 7.62. The van der Waals surface area contributed by atoms with Gasteiger partial charge in [-0.1, -0.05) is 18.2 Å². The molecule has 2 aromatic carbocycles. The standard InChI is InChI=1S/C20H24N10O4S2/c21-20-28-14-3-1-2-13(17(14)29-20)12-4-5-15(36(33,34)27-9-11-8-23-6-7-24-11)18(35(22,31)32)16(12)19-25-10-26-30-19/h1-5,11,23-24,27H,6-10H2,(H3,21,28,29)(H2,22,31,32)/t11-/m0/s1. The molecule has 0 aliphatic carbocycles. The van der Waals surface area contributed by atoms with Gasteiger partial charge in [-0.3, -0.25) is 0 Å². The highest BCUT2D eigenvalue weighted by atomic mass is 32.2. The molecule has 2 aliphatic heterocycles. The third-order valence-corrected chi connectivity index (χ3v) is 8.42. The molecule has 3 aromatic rings. The minimum atomic E-state index is -4.59. The zero-order valence-electron chi connectivity index (χ0n) is 18.9. The maximum Gasteiger partial charge on any atom is 0.241 e. The summed E-state index contributed by atoms with van der Waals surface area (Å²) in [5, 5.41) is 19.8. The van der Waals surface area contributed by atoms with E-state index in [-0.39, 0.29) is 36.6 Å². The van der Waals surface area contributed by atoms with Crippen molar-refractivity contribution in [2.45, 2.75) is 15.8 Å². The summed E-state index contributed by atoms with van der Waals surface area (Å²) in [4.78, 5) is 10.3. The number of primary sulfonamides is 1. The first-order valence-electron chi connectivity index (χ1n) is 11.0. The van der Waals surface area contributed by atoms with E-state index in [0.717, 1.165) is 6.54 Å². The Bertz CT molecular complexity index is 1610. The summed E-state index contributed by atoms with van der Waals surface area (Å²) >= 11 is 0. The number of anilines is 1. The average Bonchev–Trinajstić information content (AvgIpc) is 3.51. The van der Waals surface area contributed by atoms with Gasteiger partial charge in [-0.2, -0.15) is 5.11 Å². The molecule has 3 heterocycles. The number of hydrogen-bond acceptors (Lipinski definition) is 11. The molecule has 1 fully saturated rings. The van der Waals surface area contributed by atoms with E-state index in [4.69, 9.17) is 10.9 Å². The molecule has 16 heteroatoms. The molecular formula is C20H24N10O4S2. The van der Waals surface area contributed by atoms with Crippen LogP contribution in [-0.4, -0.2) is 71.5 Å². The maximum atomic E-state index is 13.4. The van der Waals surface area contributed by atoms with Crippen molar-refractivity contribution in [1.29, 1.82) is 0 Å². The Morgan fingerprint density at radius 2 is 1.92 bits per heavy atom. The number of hydrogen-bond donors (Lipinski definition) is 6. The van der Waals surface area contributed by atoms with Crippen LogP contribution in [0, 0.1) is 0 Å². The van der Waals surface area contributed by atoms with Crippen LogP contribution in [0.25, 0.3) is 22.2 Å². The van der Waals surface area contributed by atoms with Crippen LogP contribution >= 0.6 is 0 Å². The number of imidazole rings is 1. The van der Waals surface area contributed by atoms with Gasteiger partial charge in [-0.25, -0.2) is 36.7 Å². The van der Waals surface area contributed by atoms with Crippen molar-refractivity contribution in [3.8, 4) is 11.1 Å². The number of fused-ring (bicyclic) bond motifs is 1. The number of para-hydroxylation sites is 1. The van der Waals surface area contributed by atoms with Gasteiger partial charge < -0.3 is 21.4 Å². The van der Waals surface area contributed by atoms with Gasteiger partial charge in [0, 0.05) is 37.8 Å². The number of aromatic nitrogens is 2. The number of azo groups is 1. The minimum Gasteiger partial charge on any atom is -0.369 e. The summed E-state index contributed by atoms with van der Waals surface area (Å²) in [6.07, 6.45) is 0. The first-order valence-corrected chi connectivity index (χ1v) is 14.0. The highest BCUT2D eigenvalue weighted by Gasteiger charge is 2.33. The number of rotatable bonds is 7. The molecular weight excluding hydrogens is 508 g/mol. The predicted octanol–water partition coefficient (Wildman–Crippen LogP) is -0.531. The average molecular weight is 533 g/mol. The molecule has 1 atom stereocenters. The molecule has 0 bridgehead atoms. The summed E-state index contributed by atoms with van der Waals surface area (Å²) in [6, 6.07) is 7.71. The van der Waals surface area contributed by atoms with E-state index in [2.05, 4.69) is 40.5 Å². The molecule has 0 saturated carbocycles. The van der Waals surface area contributed by atoms with Gasteiger partial charge >= 0.3 is 0 Å². The molecule has 5 rings (SSSR count). The lowest BCUT2D eigenvalue weighted by Crippen LogP contribution is -2.53. The van der Waals surface area contributed by atoms with Gasteiger partial charge in [0.1, 0.15) is 9.79 Å². The van der Waals surface area contributed by atoms with E-state index >= 15 is 0 Å². The van der Waals surface area contributed by atoms with Crippen LogP contribution in [0.1, 0.15) is 5.56 Å². The Morgan fingerprint density at radius 1 is 1.08 bits per heavy atom. The van der Waals surface area contributed by atoms with E-state index in [1.54, 1.807) is 18.2 Å². The van der Waals surface area contributed by atoms with Gasteiger partial charge in [0.2, 0.25) is 20.0 Å². The molecule has 0 amide bonds. The van der Waals surface area contributed by atoms with Crippen LogP contribution in [0.4, 0.5) is 5.95 Å². The molecule has 2 aliphatic rings. The van der Waals surface area contributed by atoms with Crippen LogP contribution in [0.2, 0.25) is 0 Å². The number of nitrogen functional groups attached to an aromatic ring is 1. The number of aliphatic imine (C=N–C) groups is 1. The number of nitrogens with zero attached hydrogens (tertiary/aromatic N) is 4. The van der Waals surface area contributed by atoms with Crippen molar-refractivity contribution in [2.24, 2.45) is 20.4 Å². The van der Waals surface area contributed by atoms with Crippen LogP contribution in [0.5, 0.6) is 0 Å². The number of sulfonamides is 2. The largest absolute Gasteiger partial charge is 0.369 e. The lowest BCUT2D eigenvalue weighted by atomic mass is 9.97. The number of benzene rings is 2. The first-order chi connectivity index (χ1) is 17.1. The van der Waals surface area contributed by atoms with Crippen molar-refractivity contribution in [3.63, 3.8) is 0 Å². The van der Waals surface area contributed by atoms with Crippen molar-refractivity contribution in [1.82, 2.24) is 25.3 Å². The zero-order valence-corrected chi connectivity index (χ0v) is 20.5. The fraction of sp³-hybridized carbons (Fsp3) is 0.300. The second-order valence-corrected chi connectivity index (χ2v) is 11.5. The quantitative estimate of drug-likeness (QED) is 0.231. The minimum absolute atomic E-state index is 0.0338. The van der Waals surface area contributed by atoms with Crippen LogP contribution < -0.4 is 26.2 Å². The topological polar surface area (TPSA) is 222 Å². The molecule has 1 saturated heterocycles. The monoisotopic (exact) mass is 532 g/mol. The molecule has 0 spiro atoms. The van der Waals surface area contributed by atoms with E-state index in [1.165, 1.54) is 12.1 Å². The fourth-order valence-corrected chi connectivity index (χ4v) is 6.96. The number of piperazine rings is 1. The number of amidine groups is 1. The molecule has 0 unspecified atom stereocenters.